The van der Waals surface area contributed by atoms with Gasteiger partial charge in [0.2, 0.25) is 5.91 Å². The lowest BCUT2D eigenvalue weighted by molar-refractivity contribution is -0.119. The Hall–Kier alpha value is -1.55. The van der Waals surface area contributed by atoms with Gasteiger partial charge in [-0.25, -0.2) is 0 Å². The fourth-order valence-electron chi connectivity index (χ4n) is 1.72. The number of nitrogens with one attached hydrogen (secondary N) is 2. The quantitative estimate of drug-likeness (QED) is 0.796. The van der Waals surface area contributed by atoms with Gasteiger partial charge in [0.1, 0.15) is 5.75 Å². The molecule has 1 aromatic carbocycles. The lowest BCUT2D eigenvalue weighted by Crippen LogP contribution is -2.28. The number of carbonyl (C=O) groups excluding carboxylic acids is 1. The highest BCUT2D eigenvalue weighted by Crippen LogP contribution is 2.26. The van der Waals surface area contributed by atoms with Crippen molar-refractivity contribution in [3.8, 4) is 5.75 Å². The molecule has 0 aromatic heterocycles. The first kappa shape index (κ1) is 15.5. The molecule has 0 bridgehead atoms. The van der Waals surface area contributed by atoms with Crippen LogP contribution in [0.5, 0.6) is 5.75 Å². The molecule has 0 heterocycles. The van der Waals surface area contributed by atoms with E-state index in [2.05, 4.69) is 17.6 Å². The fourth-order valence-corrected chi connectivity index (χ4v) is 1.72. The molecule has 0 spiro atoms. The van der Waals surface area contributed by atoms with Crippen molar-refractivity contribution in [1.29, 1.82) is 0 Å². The molecule has 4 heteroatoms. The van der Waals surface area contributed by atoms with Gasteiger partial charge in [0.15, 0.2) is 0 Å². The second kappa shape index (κ2) is 7.79. The van der Waals surface area contributed by atoms with Crippen molar-refractivity contribution < 1.29 is 9.53 Å². The Morgan fingerprint density at radius 2 is 2.16 bits per heavy atom. The summed E-state index contributed by atoms with van der Waals surface area (Å²) in [6, 6.07) is 5.81. The van der Waals surface area contributed by atoms with Gasteiger partial charge in [0.25, 0.3) is 0 Å². The zero-order valence-electron chi connectivity index (χ0n) is 12.2. The number of benzene rings is 1. The van der Waals surface area contributed by atoms with Crippen LogP contribution in [0.3, 0.4) is 0 Å². The van der Waals surface area contributed by atoms with Gasteiger partial charge >= 0.3 is 0 Å². The van der Waals surface area contributed by atoms with Crippen LogP contribution in [0.1, 0.15) is 25.8 Å². The van der Waals surface area contributed by atoms with Gasteiger partial charge in [-0.1, -0.05) is 19.9 Å². The van der Waals surface area contributed by atoms with Crippen LogP contribution >= 0.6 is 0 Å². The number of rotatable bonds is 7. The highest BCUT2D eigenvalue weighted by molar-refractivity contribution is 5.93. The van der Waals surface area contributed by atoms with Gasteiger partial charge in [-0.2, -0.15) is 0 Å². The van der Waals surface area contributed by atoms with Crippen molar-refractivity contribution in [3.63, 3.8) is 0 Å². The molecule has 1 unspecified atom stereocenters. The molecule has 2 N–H and O–H groups in total. The number of carbonyl (C=O) groups is 1. The van der Waals surface area contributed by atoms with Crippen LogP contribution in [0.15, 0.2) is 18.2 Å². The van der Waals surface area contributed by atoms with Crippen molar-refractivity contribution in [2.24, 2.45) is 5.92 Å². The Balaban J connectivity index is 2.78. The summed E-state index contributed by atoms with van der Waals surface area (Å²) in [5.74, 6) is 0.664. The summed E-state index contributed by atoms with van der Waals surface area (Å²) in [7, 11) is 1.84. The monoisotopic (exact) mass is 264 g/mol. The van der Waals surface area contributed by atoms with E-state index in [1.807, 2.05) is 39.1 Å². The summed E-state index contributed by atoms with van der Waals surface area (Å²) in [4.78, 5) is 12.0. The van der Waals surface area contributed by atoms with Crippen LogP contribution in [-0.2, 0) is 4.79 Å². The maximum atomic E-state index is 12.0. The van der Waals surface area contributed by atoms with Crippen LogP contribution in [0, 0.1) is 12.8 Å². The summed E-state index contributed by atoms with van der Waals surface area (Å²) in [5, 5.41) is 5.93. The van der Waals surface area contributed by atoms with E-state index in [0.717, 1.165) is 23.4 Å². The molecule has 0 radical (unpaired) electrons. The van der Waals surface area contributed by atoms with Crippen LogP contribution in [0.4, 0.5) is 5.69 Å². The average molecular weight is 264 g/mol. The maximum Gasteiger partial charge on any atom is 0.228 e. The van der Waals surface area contributed by atoms with Gasteiger partial charge < -0.3 is 15.4 Å². The van der Waals surface area contributed by atoms with Gasteiger partial charge in [0.05, 0.1) is 12.3 Å². The van der Waals surface area contributed by atoms with Gasteiger partial charge in [-0.05, 0) is 38.1 Å². The molecule has 4 nitrogen and oxygen atoms in total. The zero-order valence-corrected chi connectivity index (χ0v) is 12.2. The summed E-state index contributed by atoms with van der Waals surface area (Å²) in [6.45, 7) is 7.27. The van der Waals surface area contributed by atoms with E-state index in [0.29, 0.717) is 13.2 Å². The van der Waals surface area contributed by atoms with Crippen LogP contribution in [-0.4, -0.2) is 26.1 Å². The number of aryl methyl sites for hydroxylation is 1. The number of hydrogen-bond acceptors (Lipinski definition) is 3. The number of amides is 1. The second-order valence-corrected chi connectivity index (χ2v) is 4.80. The van der Waals surface area contributed by atoms with Crippen molar-refractivity contribution in [3.05, 3.63) is 23.8 Å². The average Bonchev–Trinajstić information content (AvgIpc) is 2.39. The normalized spacial score (nSPS) is 12.0. The third-order valence-electron chi connectivity index (χ3n) is 2.81. The molecule has 0 aliphatic rings. The smallest absolute Gasteiger partial charge is 0.228 e. The topological polar surface area (TPSA) is 50.4 Å². The standard InChI is InChI=1S/C15H24N2O2/c1-5-8-19-14-9-11(2)6-7-13(14)17-15(18)12(3)10-16-4/h6-7,9,12,16H,5,8,10H2,1-4H3,(H,17,18). The largest absolute Gasteiger partial charge is 0.491 e. The fraction of sp³-hybridized carbons (Fsp3) is 0.533. The molecule has 0 aliphatic carbocycles. The summed E-state index contributed by atoms with van der Waals surface area (Å²) < 4.78 is 5.68. The predicted octanol–water partition coefficient (Wildman–Crippen LogP) is 2.58. The Morgan fingerprint density at radius 1 is 1.42 bits per heavy atom. The minimum atomic E-state index is -0.0784. The van der Waals surface area contributed by atoms with Gasteiger partial charge in [-0.15, -0.1) is 0 Å². The van der Waals surface area contributed by atoms with Crippen LogP contribution in [0.25, 0.3) is 0 Å². The maximum absolute atomic E-state index is 12.0. The van der Waals surface area contributed by atoms with Crippen LogP contribution < -0.4 is 15.4 Å². The van der Waals surface area contributed by atoms with Crippen LogP contribution in [0.2, 0.25) is 0 Å². The molecule has 1 atom stereocenters. The first-order chi connectivity index (χ1) is 9.08. The molecule has 1 aromatic rings. The summed E-state index contributed by atoms with van der Waals surface area (Å²) in [5.41, 5.74) is 1.86. The third-order valence-corrected chi connectivity index (χ3v) is 2.81. The Labute approximate surface area is 115 Å². The second-order valence-electron chi connectivity index (χ2n) is 4.80. The molecule has 19 heavy (non-hydrogen) atoms. The minimum Gasteiger partial charge on any atom is -0.491 e. The van der Waals surface area contributed by atoms with Gasteiger partial charge in [0, 0.05) is 12.5 Å². The van der Waals surface area contributed by atoms with Crippen molar-refractivity contribution in [2.45, 2.75) is 27.2 Å². The predicted molar refractivity (Wildman–Crippen MR) is 78.7 cm³/mol. The molecular formula is C15H24N2O2. The minimum absolute atomic E-state index is 0.000415. The van der Waals surface area contributed by atoms with E-state index in [9.17, 15) is 4.79 Å². The molecule has 0 saturated heterocycles. The summed E-state index contributed by atoms with van der Waals surface area (Å²) in [6.07, 6.45) is 0.942. The van der Waals surface area contributed by atoms with Crippen molar-refractivity contribution in [1.82, 2.24) is 5.32 Å². The Morgan fingerprint density at radius 3 is 2.79 bits per heavy atom. The lowest BCUT2D eigenvalue weighted by atomic mass is 10.1. The number of hydrogen-bond donors (Lipinski definition) is 2. The van der Waals surface area contributed by atoms with E-state index >= 15 is 0 Å². The zero-order chi connectivity index (χ0) is 14.3. The molecule has 1 rings (SSSR count). The highest BCUT2D eigenvalue weighted by Gasteiger charge is 2.14. The highest BCUT2D eigenvalue weighted by atomic mass is 16.5. The molecule has 106 valence electrons. The van der Waals surface area contributed by atoms with Gasteiger partial charge in [-0.3, -0.25) is 4.79 Å². The summed E-state index contributed by atoms with van der Waals surface area (Å²) >= 11 is 0. The number of ether oxygens (including phenoxy) is 1. The molecule has 0 fully saturated rings. The molecule has 0 aliphatic heterocycles. The third kappa shape index (κ3) is 4.91. The van der Waals surface area contributed by atoms with E-state index in [1.165, 1.54) is 0 Å². The number of anilines is 1. The SMILES string of the molecule is CCCOc1cc(C)ccc1NC(=O)C(C)CNC. The molecular weight excluding hydrogens is 240 g/mol. The first-order valence-corrected chi connectivity index (χ1v) is 6.77. The van der Waals surface area contributed by atoms with E-state index < -0.39 is 0 Å². The Kier molecular flexibility index (Phi) is 6.36. The lowest BCUT2D eigenvalue weighted by Gasteiger charge is -2.15. The molecule has 1 amide bonds. The van der Waals surface area contributed by atoms with Crippen molar-refractivity contribution >= 4 is 11.6 Å². The Bertz CT molecular complexity index is 419. The van der Waals surface area contributed by atoms with E-state index in [1.54, 1.807) is 0 Å². The molecule has 0 saturated carbocycles. The van der Waals surface area contributed by atoms with Crippen molar-refractivity contribution in [2.75, 3.05) is 25.5 Å². The van der Waals surface area contributed by atoms with E-state index in [4.69, 9.17) is 4.74 Å². The van der Waals surface area contributed by atoms with E-state index in [-0.39, 0.29) is 11.8 Å². The first-order valence-electron chi connectivity index (χ1n) is 6.77.